The van der Waals surface area contributed by atoms with Gasteiger partial charge in [0.2, 0.25) is 0 Å². The molecule has 5 heteroatoms. The molecule has 21 heavy (non-hydrogen) atoms. The Balaban J connectivity index is 2.85. The molecule has 1 N–H and O–H groups in total. The summed E-state index contributed by atoms with van der Waals surface area (Å²) in [5, 5.41) is 8.72. The molecule has 0 fully saturated rings. The number of halogens is 1. The Labute approximate surface area is 124 Å². The molecule has 0 saturated carbocycles. The Morgan fingerprint density at radius 3 is 2.81 bits per heavy atom. The van der Waals surface area contributed by atoms with E-state index in [2.05, 4.69) is 11.8 Å². The van der Waals surface area contributed by atoms with E-state index in [0.717, 1.165) is 0 Å². The minimum absolute atomic E-state index is 0.102. The summed E-state index contributed by atoms with van der Waals surface area (Å²) in [5.41, 5.74) is 0.579. The van der Waals surface area contributed by atoms with Crippen LogP contribution in [0.5, 0.6) is 0 Å². The van der Waals surface area contributed by atoms with E-state index in [9.17, 15) is 9.18 Å². The summed E-state index contributed by atoms with van der Waals surface area (Å²) in [6, 6.07) is 3.81. The largest absolute Gasteiger partial charge is 0.384 e. The summed E-state index contributed by atoms with van der Waals surface area (Å²) in [6.07, 6.45) is 0.102. The van der Waals surface area contributed by atoms with Crippen molar-refractivity contribution in [2.45, 2.75) is 20.0 Å². The summed E-state index contributed by atoms with van der Waals surface area (Å²) in [5.74, 6) is 4.29. The third-order valence-corrected chi connectivity index (χ3v) is 2.74. The molecule has 0 bridgehead atoms. The van der Waals surface area contributed by atoms with Crippen LogP contribution in [0.3, 0.4) is 0 Å². The van der Waals surface area contributed by atoms with Crippen LogP contribution in [0.4, 0.5) is 4.39 Å². The molecule has 0 spiro atoms. The number of rotatable bonds is 5. The van der Waals surface area contributed by atoms with Gasteiger partial charge in [-0.15, -0.1) is 0 Å². The molecular weight excluding hydrogens is 273 g/mol. The van der Waals surface area contributed by atoms with E-state index in [0.29, 0.717) is 18.7 Å². The molecule has 0 aliphatic heterocycles. The van der Waals surface area contributed by atoms with Gasteiger partial charge in [-0.25, -0.2) is 4.39 Å². The number of aliphatic hydroxyl groups is 1. The fourth-order valence-corrected chi connectivity index (χ4v) is 1.67. The highest BCUT2D eigenvalue weighted by Gasteiger charge is 2.15. The van der Waals surface area contributed by atoms with Gasteiger partial charge in [0.1, 0.15) is 12.4 Å². The van der Waals surface area contributed by atoms with Crippen LogP contribution < -0.4 is 0 Å². The van der Waals surface area contributed by atoms with E-state index < -0.39 is 5.82 Å². The maximum Gasteiger partial charge on any atom is 0.254 e. The first kappa shape index (κ1) is 17.2. The lowest BCUT2D eigenvalue weighted by Crippen LogP contribution is -2.31. The second kappa shape index (κ2) is 8.40. The normalized spacial score (nSPS) is 10.2. The number of hydrogen-bond donors (Lipinski definition) is 1. The van der Waals surface area contributed by atoms with Crippen LogP contribution in [0.15, 0.2) is 18.2 Å². The lowest BCUT2D eigenvalue weighted by molar-refractivity contribution is 0.0532. The van der Waals surface area contributed by atoms with Gasteiger partial charge in [0.15, 0.2) is 0 Å². The molecule has 1 aromatic rings. The molecule has 0 radical (unpaired) electrons. The molecular formula is C16H20FNO3. The van der Waals surface area contributed by atoms with Crippen LogP contribution in [0.1, 0.15) is 29.8 Å². The second-order valence-electron chi connectivity index (χ2n) is 4.80. The predicted molar refractivity (Wildman–Crippen MR) is 78.4 cm³/mol. The molecule has 0 aliphatic carbocycles. The molecule has 0 saturated heterocycles. The summed E-state index contributed by atoms with van der Waals surface area (Å²) in [6.45, 7) is 4.36. The van der Waals surface area contributed by atoms with Gasteiger partial charge in [-0.05, 0) is 32.0 Å². The minimum Gasteiger partial charge on any atom is -0.384 e. The van der Waals surface area contributed by atoms with Crippen molar-refractivity contribution >= 4 is 5.91 Å². The zero-order valence-corrected chi connectivity index (χ0v) is 12.5. The van der Waals surface area contributed by atoms with Gasteiger partial charge in [0, 0.05) is 19.2 Å². The zero-order chi connectivity index (χ0) is 15.8. The fourth-order valence-electron chi connectivity index (χ4n) is 1.67. The molecule has 1 rings (SSSR count). The highest BCUT2D eigenvalue weighted by Crippen LogP contribution is 2.12. The van der Waals surface area contributed by atoms with Gasteiger partial charge in [0.05, 0.1) is 18.3 Å². The van der Waals surface area contributed by atoms with Gasteiger partial charge < -0.3 is 14.7 Å². The van der Waals surface area contributed by atoms with Gasteiger partial charge in [0.25, 0.3) is 5.91 Å². The number of carbonyl (C=O) groups is 1. The number of ether oxygens (including phenoxy) is 1. The van der Waals surface area contributed by atoms with Crippen LogP contribution in [0.25, 0.3) is 0 Å². The Bertz CT molecular complexity index is 546. The third-order valence-electron chi connectivity index (χ3n) is 2.74. The summed E-state index contributed by atoms with van der Waals surface area (Å²) in [4.78, 5) is 13.8. The molecule has 0 aliphatic rings. The van der Waals surface area contributed by atoms with Gasteiger partial charge in [-0.2, -0.15) is 0 Å². The van der Waals surface area contributed by atoms with E-state index in [4.69, 9.17) is 9.84 Å². The molecule has 4 nitrogen and oxygen atoms in total. The summed E-state index contributed by atoms with van der Waals surface area (Å²) >= 11 is 0. The van der Waals surface area contributed by atoms with E-state index >= 15 is 0 Å². The number of carbonyl (C=O) groups excluding carboxylic acids is 1. The Morgan fingerprint density at radius 1 is 1.48 bits per heavy atom. The van der Waals surface area contributed by atoms with Gasteiger partial charge in [-0.3, -0.25) is 4.79 Å². The fraction of sp³-hybridized carbons (Fsp3) is 0.438. The Kier molecular flexibility index (Phi) is 6.86. The first-order chi connectivity index (χ1) is 9.95. The smallest absolute Gasteiger partial charge is 0.254 e. The lowest BCUT2D eigenvalue weighted by atomic mass is 10.1. The van der Waals surface area contributed by atoms with Crippen LogP contribution >= 0.6 is 0 Å². The SMILES string of the molecule is CC(C)OCCN(C)C(=O)c1ccc(F)cc1C#CCO. The van der Waals surface area contributed by atoms with Gasteiger partial charge >= 0.3 is 0 Å². The van der Waals surface area contributed by atoms with E-state index in [1.54, 1.807) is 7.05 Å². The summed E-state index contributed by atoms with van der Waals surface area (Å²) in [7, 11) is 1.65. The first-order valence-electron chi connectivity index (χ1n) is 6.72. The monoisotopic (exact) mass is 293 g/mol. The third kappa shape index (κ3) is 5.54. The Hall–Kier alpha value is -1.90. The average molecular weight is 293 g/mol. The van der Waals surface area contributed by atoms with Crippen LogP contribution in [-0.4, -0.2) is 48.8 Å². The molecule has 1 aromatic carbocycles. The Morgan fingerprint density at radius 2 is 2.19 bits per heavy atom. The first-order valence-corrected chi connectivity index (χ1v) is 6.72. The standard InChI is InChI=1S/C16H20FNO3/c1-12(2)21-10-8-18(3)16(20)15-7-6-14(17)11-13(15)5-4-9-19/h6-7,11-12,19H,8-10H2,1-3H3. The number of benzene rings is 1. The van der Waals surface area contributed by atoms with Crippen molar-refractivity contribution < 1.29 is 19.0 Å². The molecule has 114 valence electrons. The van der Waals surface area contributed by atoms with E-state index in [-0.39, 0.29) is 24.2 Å². The zero-order valence-electron chi connectivity index (χ0n) is 12.5. The predicted octanol–water partition coefficient (Wildman–Crippen LogP) is 1.67. The van der Waals surface area contributed by atoms with Crippen LogP contribution in [0.2, 0.25) is 0 Å². The van der Waals surface area contributed by atoms with Crippen molar-refractivity contribution in [1.82, 2.24) is 4.90 Å². The van der Waals surface area contributed by atoms with Crippen molar-refractivity contribution in [3.05, 3.63) is 35.1 Å². The van der Waals surface area contributed by atoms with E-state index in [1.165, 1.54) is 23.1 Å². The quantitative estimate of drug-likeness (QED) is 0.840. The summed E-state index contributed by atoms with van der Waals surface area (Å²) < 4.78 is 18.7. The van der Waals surface area contributed by atoms with Crippen molar-refractivity contribution in [2.24, 2.45) is 0 Å². The van der Waals surface area contributed by atoms with Crippen molar-refractivity contribution in [2.75, 3.05) is 26.8 Å². The van der Waals surface area contributed by atoms with Crippen LogP contribution in [-0.2, 0) is 4.74 Å². The van der Waals surface area contributed by atoms with Crippen molar-refractivity contribution in [3.8, 4) is 11.8 Å². The maximum atomic E-state index is 13.3. The molecule has 1 amide bonds. The number of nitrogens with zero attached hydrogens (tertiary/aromatic N) is 1. The van der Waals surface area contributed by atoms with Gasteiger partial charge in [-0.1, -0.05) is 11.8 Å². The number of aliphatic hydroxyl groups excluding tert-OH is 1. The average Bonchev–Trinajstić information content (AvgIpc) is 2.44. The molecule has 0 atom stereocenters. The van der Waals surface area contributed by atoms with E-state index in [1.807, 2.05) is 13.8 Å². The topological polar surface area (TPSA) is 49.8 Å². The molecule has 0 aromatic heterocycles. The molecule has 0 unspecified atom stereocenters. The highest BCUT2D eigenvalue weighted by molar-refractivity contribution is 5.96. The second-order valence-corrected chi connectivity index (χ2v) is 4.80. The minimum atomic E-state index is -0.473. The lowest BCUT2D eigenvalue weighted by Gasteiger charge is -2.19. The van der Waals surface area contributed by atoms with Crippen molar-refractivity contribution in [1.29, 1.82) is 0 Å². The highest BCUT2D eigenvalue weighted by atomic mass is 19.1. The number of amides is 1. The van der Waals surface area contributed by atoms with Crippen LogP contribution in [0, 0.1) is 17.7 Å². The number of hydrogen-bond acceptors (Lipinski definition) is 3. The van der Waals surface area contributed by atoms with Crippen molar-refractivity contribution in [3.63, 3.8) is 0 Å². The number of likely N-dealkylation sites (N-methyl/N-ethyl adjacent to an activating group) is 1. The molecule has 0 heterocycles. The maximum absolute atomic E-state index is 13.3.